The molecule has 0 saturated carbocycles. The number of benzene rings is 2. The van der Waals surface area contributed by atoms with Crippen molar-refractivity contribution in [1.82, 2.24) is 0 Å². The van der Waals surface area contributed by atoms with Crippen LogP contribution in [0.3, 0.4) is 0 Å². The molecule has 1 aliphatic carbocycles. The van der Waals surface area contributed by atoms with Gasteiger partial charge in [0.1, 0.15) is 0 Å². The number of rotatable bonds is 2. The van der Waals surface area contributed by atoms with Crippen molar-refractivity contribution < 1.29 is 51.0 Å². The van der Waals surface area contributed by atoms with Crippen molar-refractivity contribution in [3.8, 4) is 11.1 Å². The van der Waals surface area contributed by atoms with E-state index in [9.17, 15) is 0 Å². The van der Waals surface area contributed by atoms with Crippen LogP contribution in [0.4, 0.5) is 0 Å². The first-order valence-corrected chi connectivity index (χ1v) is 12.6. The standard InChI is InChI=1S/C16H13.C11H13NSi.2ClH.Zr/c1-12-10-14-8-5-9-15(16(14)11-12)13-6-3-2-4-7-13;1-8-4-9-6-10(7-13(2)3)12-11(9)5-8;;;/h2-11H,1H3;4-7H,1-3H3;2*1H;/q-1;;;;+3/p-2. The molecule has 5 rings (SSSR count). The summed E-state index contributed by atoms with van der Waals surface area (Å²) in [5.74, 6) is 0. The molecule has 0 saturated heterocycles. The summed E-state index contributed by atoms with van der Waals surface area (Å²) in [5, 5.41) is 2.69. The summed E-state index contributed by atoms with van der Waals surface area (Å²) in [5.41, 5.74) is 11.1. The van der Waals surface area contributed by atoms with Gasteiger partial charge in [0, 0.05) is 14.0 Å². The predicted molar refractivity (Wildman–Crippen MR) is 131 cm³/mol. The number of hydrogen-bond acceptors (Lipinski definition) is 1. The smallest absolute Gasteiger partial charge is 1.00 e. The molecule has 161 valence electrons. The van der Waals surface area contributed by atoms with E-state index in [1.54, 1.807) is 0 Å². The Labute approximate surface area is 224 Å². The fourth-order valence-electron chi connectivity index (χ4n) is 3.83. The van der Waals surface area contributed by atoms with Gasteiger partial charge in [-0.15, -0.1) is 34.5 Å². The fourth-order valence-corrected chi connectivity index (χ4v) is 4.57. The van der Waals surface area contributed by atoms with Crippen LogP contribution >= 0.6 is 0 Å². The zero-order valence-electron chi connectivity index (χ0n) is 18.8. The number of fused-ring (bicyclic) bond motifs is 2. The van der Waals surface area contributed by atoms with Crippen molar-refractivity contribution in [2.24, 2.45) is 4.99 Å². The monoisotopic (exact) mass is 552 g/mol. The van der Waals surface area contributed by atoms with E-state index in [2.05, 4.69) is 116 Å². The van der Waals surface area contributed by atoms with Crippen molar-refractivity contribution in [2.75, 3.05) is 0 Å². The Morgan fingerprint density at radius 1 is 0.875 bits per heavy atom. The Kier molecular flexibility index (Phi) is 11.3. The Balaban J connectivity index is 0.000000298. The van der Waals surface area contributed by atoms with Crippen LogP contribution in [-0.4, -0.2) is 19.8 Å². The molecule has 0 aromatic heterocycles. The second-order valence-electron chi connectivity index (χ2n) is 7.98. The zero-order chi connectivity index (χ0) is 20.4. The molecule has 3 aromatic rings. The van der Waals surface area contributed by atoms with Crippen LogP contribution < -0.4 is 24.8 Å². The van der Waals surface area contributed by atoms with E-state index >= 15 is 0 Å². The van der Waals surface area contributed by atoms with Gasteiger partial charge in [-0.05, 0) is 36.3 Å². The summed E-state index contributed by atoms with van der Waals surface area (Å²) in [6.45, 7) is 8.80. The maximum Gasteiger partial charge on any atom is 3.00 e. The Hall–Kier alpha value is -1.51. The van der Waals surface area contributed by atoms with Crippen molar-refractivity contribution in [1.29, 1.82) is 0 Å². The van der Waals surface area contributed by atoms with Gasteiger partial charge in [0.25, 0.3) is 0 Å². The van der Waals surface area contributed by atoms with E-state index in [4.69, 9.17) is 0 Å². The van der Waals surface area contributed by atoms with Crippen molar-refractivity contribution in [2.45, 2.75) is 26.9 Å². The predicted octanol–water partition coefficient (Wildman–Crippen LogP) is 0.889. The molecule has 0 amide bonds. The molecule has 0 N–H and O–H groups in total. The third kappa shape index (κ3) is 6.75. The van der Waals surface area contributed by atoms with Crippen molar-refractivity contribution >= 4 is 30.6 Å². The minimum Gasteiger partial charge on any atom is -1.00 e. The largest absolute Gasteiger partial charge is 3.00 e. The molecule has 0 bridgehead atoms. The zero-order valence-corrected chi connectivity index (χ0v) is 23.8. The molecule has 5 heteroatoms. The average molecular weight is 555 g/mol. The molecule has 3 aromatic carbocycles. The number of hydrogen-bond donors (Lipinski definition) is 0. The number of nitrogens with zero attached hydrogens (tertiary/aromatic N) is 1. The fraction of sp³-hybridized carbons (Fsp3) is 0.148. The molecule has 32 heavy (non-hydrogen) atoms. The van der Waals surface area contributed by atoms with Gasteiger partial charge in [-0.2, -0.15) is 6.07 Å². The van der Waals surface area contributed by atoms with Crippen LogP contribution in [0.25, 0.3) is 21.9 Å². The first-order valence-electron chi connectivity index (χ1n) is 10.1. The van der Waals surface area contributed by atoms with Gasteiger partial charge in [0.15, 0.2) is 0 Å². The molecule has 2 aliphatic rings. The Bertz CT molecular complexity index is 1230. The summed E-state index contributed by atoms with van der Waals surface area (Å²) >= 11 is 0. The maximum absolute atomic E-state index is 4.54. The summed E-state index contributed by atoms with van der Waals surface area (Å²) in [7, 11) is -0.310. The molecule has 0 atom stereocenters. The molecule has 1 radical (unpaired) electrons. The molecule has 1 heterocycles. The van der Waals surface area contributed by atoms with E-state index in [0.717, 1.165) is 11.4 Å². The summed E-state index contributed by atoms with van der Waals surface area (Å²) in [4.78, 5) is 4.54. The number of aliphatic imine (C=N–C) groups is 1. The first-order chi connectivity index (χ1) is 14.0. The van der Waals surface area contributed by atoms with E-state index in [1.165, 1.54) is 38.6 Å². The van der Waals surface area contributed by atoms with Gasteiger partial charge >= 0.3 is 26.2 Å². The number of allylic oxidation sites excluding steroid dienone is 4. The van der Waals surface area contributed by atoms with Crippen LogP contribution in [0.15, 0.2) is 101 Å². The second kappa shape index (κ2) is 12.7. The Morgan fingerprint density at radius 3 is 2.25 bits per heavy atom. The third-order valence-electron chi connectivity index (χ3n) is 5.01. The van der Waals surface area contributed by atoms with Crippen LogP contribution in [-0.2, 0) is 26.2 Å². The van der Waals surface area contributed by atoms with Gasteiger partial charge in [0.2, 0.25) is 0 Å². The summed E-state index contributed by atoms with van der Waals surface area (Å²) < 4.78 is 0. The van der Waals surface area contributed by atoms with Gasteiger partial charge in [0.05, 0.1) is 11.4 Å². The normalized spacial score (nSPS) is 13.0. The first kappa shape index (κ1) is 28.5. The molecule has 0 unspecified atom stereocenters. The molecule has 1 nitrogen and oxygen atoms in total. The van der Waals surface area contributed by atoms with Crippen LogP contribution in [0, 0.1) is 6.92 Å². The molecular weight excluding hydrogens is 529 g/mol. The summed E-state index contributed by atoms with van der Waals surface area (Å²) in [6, 6.07) is 21.6. The van der Waals surface area contributed by atoms with Crippen molar-refractivity contribution in [3.63, 3.8) is 0 Å². The second-order valence-corrected chi connectivity index (χ2v) is 10.4. The van der Waals surface area contributed by atoms with E-state index in [-0.39, 0.29) is 59.4 Å². The molecule has 0 fully saturated rings. The van der Waals surface area contributed by atoms with Gasteiger partial charge in [-0.3, -0.25) is 0 Å². The number of aryl methyl sites for hydroxylation is 1. The minimum atomic E-state index is -0.310. The molecule has 1 aliphatic heterocycles. The van der Waals surface area contributed by atoms with Crippen LogP contribution in [0.2, 0.25) is 13.1 Å². The van der Waals surface area contributed by atoms with E-state index in [1.807, 2.05) is 0 Å². The average Bonchev–Trinajstić information content (AvgIpc) is 3.33. The third-order valence-corrected chi connectivity index (χ3v) is 5.89. The quantitative estimate of drug-likeness (QED) is 0.330. The van der Waals surface area contributed by atoms with E-state index in [0.29, 0.717) is 0 Å². The van der Waals surface area contributed by atoms with Gasteiger partial charge in [-0.1, -0.05) is 67.7 Å². The Morgan fingerprint density at radius 2 is 1.59 bits per heavy atom. The van der Waals surface area contributed by atoms with Crippen molar-refractivity contribution in [3.05, 3.63) is 101 Å². The molecular formula is C27H26Cl2NSiZr. The number of halogens is 2. The minimum absolute atomic E-state index is 0. The van der Waals surface area contributed by atoms with Gasteiger partial charge < -0.3 is 24.8 Å². The van der Waals surface area contributed by atoms with Crippen LogP contribution in [0.1, 0.15) is 12.5 Å². The summed E-state index contributed by atoms with van der Waals surface area (Å²) in [6.07, 6.45) is 6.52. The van der Waals surface area contributed by atoms with Crippen LogP contribution in [0.5, 0.6) is 0 Å². The van der Waals surface area contributed by atoms with E-state index < -0.39 is 0 Å². The SMILES string of the molecule is CC1=CC2=CC(C=[Si](C)C)=NC2=C1.Cc1cc2c(-c3ccccc3)cccc2[cH-]1.[Cl-].[Cl-].[Zr+3]. The van der Waals surface area contributed by atoms with Gasteiger partial charge in [-0.25, -0.2) is 4.99 Å². The molecule has 0 spiro atoms. The maximum atomic E-state index is 4.54. The topological polar surface area (TPSA) is 12.4 Å².